The number of sulfonamides is 1. The molecule has 1 aliphatic heterocycles. The summed E-state index contributed by atoms with van der Waals surface area (Å²) in [5.41, 5.74) is 0.500. The van der Waals surface area contributed by atoms with Gasteiger partial charge in [0, 0.05) is 6.54 Å². The smallest absolute Gasteiger partial charge is 0.214 e. The lowest BCUT2D eigenvalue weighted by Gasteiger charge is -2.14. The van der Waals surface area contributed by atoms with E-state index in [1.807, 2.05) is 0 Å². The highest BCUT2D eigenvalue weighted by molar-refractivity contribution is 7.89. The van der Waals surface area contributed by atoms with Gasteiger partial charge in [-0.2, -0.15) is 4.31 Å². The predicted molar refractivity (Wildman–Crippen MR) is 63.1 cm³/mol. The summed E-state index contributed by atoms with van der Waals surface area (Å²) in [6, 6.07) is 3.20. The fourth-order valence-electron chi connectivity index (χ4n) is 1.60. The Morgan fingerprint density at radius 3 is 2.75 bits per heavy atom. The zero-order valence-corrected chi connectivity index (χ0v) is 10.7. The minimum absolute atomic E-state index is 0.196. The molecule has 0 bridgehead atoms. The largest absolute Gasteiger partial charge is 0.238 e. The van der Waals surface area contributed by atoms with Crippen molar-refractivity contribution in [2.24, 2.45) is 0 Å². The molecule has 2 rings (SSSR count). The molecule has 0 saturated carbocycles. The minimum Gasteiger partial charge on any atom is -0.238 e. The molecule has 1 saturated heterocycles. The Bertz CT molecular complexity index is 504. The number of pyridine rings is 1. The van der Waals surface area contributed by atoms with E-state index in [1.54, 1.807) is 12.1 Å². The summed E-state index contributed by atoms with van der Waals surface area (Å²) < 4.78 is 24.6. The SMILES string of the molecule is O=S1(=O)CCCN1Cc1nc(Cl)ccc1Cl. The standard InChI is InChI=1S/C9H10Cl2N2O2S/c10-7-2-3-9(11)12-8(7)6-13-4-1-5-16(13,14)15/h2-3H,1,4-6H2. The van der Waals surface area contributed by atoms with Gasteiger partial charge in [-0.05, 0) is 18.6 Å². The van der Waals surface area contributed by atoms with Crippen LogP contribution in [0.15, 0.2) is 12.1 Å². The van der Waals surface area contributed by atoms with Gasteiger partial charge in [-0.3, -0.25) is 0 Å². The van der Waals surface area contributed by atoms with Gasteiger partial charge in [-0.25, -0.2) is 13.4 Å². The molecule has 0 aromatic carbocycles. The van der Waals surface area contributed by atoms with Gasteiger partial charge < -0.3 is 0 Å². The molecular formula is C9H10Cl2N2O2S. The minimum atomic E-state index is -3.12. The zero-order valence-electron chi connectivity index (χ0n) is 8.36. The fourth-order valence-corrected chi connectivity index (χ4v) is 3.41. The van der Waals surface area contributed by atoms with Crippen molar-refractivity contribution in [3.05, 3.63) is 28.0 Å². The van der Waals surface area contributed by atoms with E-state index in [1.165, 1.54) is 4.31 Å². The summed E-state index contributed by atoms with van der Waals surface area (Å²) in [7, 11) is -3.12. The normalized spacial score (nSPS) is 20.1. The molecule has 0 radical (unpaired) electrons. The Hall–Kier alpha value is -0.360. The summed E-state index contributed by atoms with van der Waals surface area (Å²) in [4.78, 5) is 4.03. The van der Waals surface area contributed by atoms with E-state index < -0.39 is 10.0 Å². The van der Waals surface area contributed by atoms with Crippen LogP contribution < -0.4 is 0 Å². The number of hydrogen-bond acceptors (Lipinski definition) is 3. The highest BCUT2D eigenvalue weighted by Crippen LogP contribution is 2.22. The highest BCUT2D eigenvalue weighted by atomic mass is 35.5. The van der Waals surface area contributed by atoms with E-state index in [9.17, 15) is 8.42 Å². The Labute approximate surface area is 104 Å². The molecule has 1 aromatic heterocycles. The molecule has 1 fully saturated rings. The second-order valence-corrected chi connectivity index (χ2v) is 6.45. The first-order valence-corrected chi connectivity index (χ1v) is 7.14. The molecule has 88 valence electrons. The Morgan fingerprint density at radius 1 is 1.38 bits per heavy atom. The summed E-state index contributed by atoms with van der Waals surface area (Å²) >= 11 is 11.7. The Morgan fingerprint density at radius 2 is 2.12 bits per heavy atom. The van der Waals surface area contributed by atoms with Crippen LogP contribution in [-0.4, -0.2) is 30.0 Å². The highest BCUT2D eigenvalue weighted by Gasteiger charge is 2.28. The van der Waals surface area contributed by atoms with E-state index in [0.717, 1.165) is 0 Å². The topological polar surface area (TPSA) is 50.3 Å². The fraction of sp³-hybridized carbons (Fsp3) is 0.444. The molecule has 2 heterocycles. The Balaban J connectivity index is 2.24. The van der Waals surface area contributed by atoms with Crippen molar-refractivity contribution in [3.8, 4) is 0 Å². The third-order valence-corrected chi connectivity index (χ3v) is 4.87. The molecule has 1 aromatic rings. The van der Waals surface area contributed by atoms with Crippen LogP contribution in [0.3, 0.4) is 0 Å². The van der Waals surface area contributed by atoms with Crippen LogP contribution in [0.2, 0.25) is 10.2 Å². The van der Waals surface area contributed by atoms with E-state index in [2.05, 4.69) is 4.98 Å². The molecule has 0 spiro atoms. The monoisotopic (exact) mass is 280 g/mol. The molecule has 0 amide bonds. The molecule has 0 aliphatic carbocycles. The summed E-state index contributed by atoms with van der Waals surface area (Å²) in [6.45, 7) is 0.717. The number of nitrogens with zero attached hydrogens (tertiary/aromatic N) is 2. The number of halogens is 2. The van der Waals surface area contributed by atoms with Gasteiger partial charge in [0.1, 0.15) is 5.15 Å². The first-order valence-electron chi connectivity index (χ1n) is 4.78. The summed E-state index contributed by atoms with van der Waals surface area (Å²) in [6.07, 6.45) is 0.653. The maximum absolute atomic E-state index is 11.6. The quantitative estimate of drug-likeness (QED) is 0.778. The third kappa shape index (κ3) is 2.48. The molecule has 16 heavy (non-hydrogen) atoms. The van der Waals surface area contributed by atoms with Crippen LogP contribution in [-0.2, 0) is 16.6 Å². The van der Waals surface area contributed by atoms with Crippen molar-refractivity contribution >= 4 is 33.2 Å². The van der Waals surface area contributed by atoms with Gasteiger partial charge in [0.15, 0.2) is 0 Å². The van der Waals surface area contributed by atoms with Gasteiger partial charge in [-0.1, -0.05) is 23.2 Å². The Kier molecular flexibility index (Phi) is 3.39. The van der Waals surface area contributed by atoms with E-state index in [0.29, 0.717) is 28.8 Å². The van der Waals surface area contributed by atoms with Crippen molar-refractivity contribution in [2.45, 2.75) is 13.0 Å². The first-order chi connectivity index (χ1) is 7.49. The molecule has 4 nitrogen and oxygen atoms in total. The predicted octanol–water partition coefficient (Wildman–Crippen LogP) is 1.92. The van der Waals surface area contributed by atoms with Crippen LogP contribution in [0.25, 0.3) is 0 Å². The van der Waals surface area contributed by atoms with Crippen molar-refractivity contribution in [1.82, 2.24) is 9.29 Å². The van der Waals surface area contributed by atoms with Gasteiger partial charge in [-0.15, -0.1) is 0 Å². The molecule has 7 heteroatoms. The van der Waals surface area contributed by atoms with Crippen LogP contribution in [0.5, 0.6) is 0 Å². The number of rotatable bonds is 2. The molecule has 0 unspecified atom stereocenters. The van der Waals surface area contributed by atoms with E-state index >= 15 is 0 Å². The molecular weight excluding hydrogens is 271 g/mol. The van der Waals surface area contributed by atoms with Gasteiger partial charge in [0.25, 0.3) is 0 Å². The van der Waals surface area contributed by atoms with Crippen LogP contribution in [0, 0.1) is 0 Å². The van der Waals surface area contributed by atoms with Gasteiger partial charge in [0.2, 0.25) is 10.0 Å². The van der Waals surface area contributed by atoms with Gasteiger partial charge >= 0.3 is 0 Å². The average Bonchev–Trinajstić information content (AvgIpc) is 2.52. The molecule has 1 aliphatic rings. The van der Waals surface area contributed by atoms with Gasteiger partial charge in [0.05, 0.1) is 23.0 Å². The second kappa shape index (κ2) is 4.49. The van der Waals surface area contributed by atoms with Crippen LogP contribution in [0.4, 0.5) is 0 Å². The lowest BCUT2D eigenvalue weighted by Crippen LogP contribution is -2.25. The maximum atomic E-state index is 11.6. The lowest BCUT2D eigenvalue weighted by atomic mass is 10.3. The zero-order chi connectivity index (χ0) is 11.8. The van der Waals surface area contributed by atoms with Crippen LogP contribution >= 0.6 is 23.2 Å². The van der Waals surface area contributed by atoms with E-state index in [-0.39, 0.29) is 12.3 Å². The van der Waals surface area contributed by atoms with Crippen molar-refractivity contribution in [1.29, 1.82) is 0 Å². The first kappa shape index (κ1) is 12.1. The lowest BCUT2D eigenvalue weighted by molar-refractivity contribution is 0.435. The average molecular weight is 281 g/mol. The molecule has 0 atom stereocenters. The van der Waals surface area contributed by atoms with Crippen LogP contribution in [0.1, 0.15) is 12.1 Å². The maximum Gasteiger partial charge on any atom is 0.214 e. The second-order valence-electron chi connectivity index (χ2n) is 3.57. The summed E-state index contributed by atoms with van der Waals surface area (Å²) in [5.74, 6) is 0.200. The van der Waals surface area contributed by atoms with Crippen molar-refractivity contribution in [2.75, 3.05) is 12.3 Å². The number of hydrogen-bond donors (Lipinski definition) is 0. The van der Waals surface area contributed by atoms with Crippen molar-refractivity contribution < 1.29 is 8.42 Å². The molecule has 0 N–H and O–H groups in total. The van der Waals surface area contributed by atoms with Crippen molar-refractivity contribution in [3.63, 3.8) is 0 Å². The van der Waals surface area contributed by atoms with E-state index in [4.69, 9.17) is 23.2 Å². The third-order valence-electron chi connectivity index (χ3n) is 2.41. The number of aromatic nitrogens is 1. The summed E-state index contributed by atoms with van der Waals surface area (Å²) in [5, 5.41) is 0.752.